The molecule has 0 amide bonds. The lowest BCUT2D eigenvalue weighted by atomic mass is 10.0. The average molecular weight is 283 g/mol. The summed E-state index contributed by atoms with van der Waals surface area (Å²) in [6.07, 6.45) is 0. The van der Waals surface area contributed by atoms with Crippen molar-refractivity contribution in [1.82, 2.24) is 0 Å². The van der Waals surface area contributed by atoms with Gasteiger partial charge in [0.15, 0.2) is 5.78 Å². The Kier molecular flexibility index (Phi) is 4.00. The second-order valence-corrected chi connectivity index (χ2v) is 4.67. The summed E-state index contributed by atoms with van der Waals surface area (Å²) in [6, 6.07) is 12.6. The van der Waals surface area contributed by atoms with Crippen LogP contribution in [0.15, 0.2) is 48.5 Å². The van der Waals surface area contributed by atoms with Crippen LogP contribution >= 0.6 is 23.2 Å². The van der Waals surface area contributed by atoms with E-state index in [9.17, 15) is 9.18 Å². The molecule has 0 bridgehead atoms. The SMILES string of the molecule is O=C(c1cc(F)cc(Cl)c1)C(Cl)c1ccccc1. The monoisotopic (exact) mass is 282 g/mol. The molecule has 0 spiro atoms. The Bertz CT molecular complexity index is 549. The van der Waals surface area contributed by atoms with Crippen LogP contribution in [0.25, 0.3) is 0 Å². The lowest BCUT2D eigenvalue weighted by molar-refractivity contribution is 0.0986. The highest BCUT2D eigenvalue weighted by Gasteiger charge is 2.20. The minimum Gasteiger partial charge on any atom is -0.292 e. The summed E-state index contributed by atoms with van der Waals surface area (Å²) in [4.78, 5) is 12.1. The molecule has 2 aromatic rings. The van der Waals surface area contributed by atoms with E-state index in [0.29, 0.717) is 5.56 Å². The molecule has 0 aliphatic rings. The fraction of sp³-hybridized carbons (Fsp3) is 0.0714. The van der Waals surface area contributed by atoms with Crippen LogP contribution in [0.2, 0.25) is 5.02 Å². The second-order valence-electron chi connectivity index (χ2n) is 3.80. The zero-order valence-corrected chi connectivity index (χ0v) is 10.8. The van der Waals surface area contributed by atoms with Gasteiger partial charge in [-0.15, -0.1) is 11.6 Å². The molecule has 0 aliphatic heterocycles. The molecule has 2 rings (SSSR count). The molecule has 4 heteroatoms. The van der Waals surface area contributed by atoms with Gasteiger partial charge in [-0.2, -0.15) is 0 Å². The maximum Gasteiger partial charge on any atom is 0.185 e. The van der Waals surface area contributed by atoms with Crippen LogP contribution < -0.4 is 0 Å². The van der Waals surface area contributed by atoms with E-state index >= 15 is 0 Å². The molecule has 1 atom stereocenters. The third-order valence-electron chi connectivity index (χ3n) is 2.47. The highest BCUT2D eigenvalue weighted by molar-refractivity contribution is 6.35. The summed E-state index contributed by atoms with van der Waals surface area (Å²) < 4.78 is 13.2. The van der Waals surface area contributed by atoms with E-state index in [-0.39, 0.29) is 16.4 Å². The number of ketones is 1. The highest BCUT2D eigenvalue weighted by Crippen LogP contribution is 2.26. The summed E-state index contributed by atoms with van der Waals surface area (Å²) in [7, 11) is 0. The van der Waals surface area contributed by atoms with Gasteiger partial charge in [0.2, 0.25) is 0 Å². The van der Waals surface area contributed by atoms with Crippen LogP contribution in [0.3, 0.4) is 0 Å². The summed E-state index contributed by atoms with van der Waals surface area (Å²) in [5, 5.41) is -0.667. The first-order valence-electron chi connectivity index (χ1n) is 5.27. The maximum atomic E-state index is 13.2. The topological polar surface area (TPSA) is 17.1 Å². The van der Waals surface area contributed by atoms with Crippen molar-refractivity contribution in [2.24, 2.45) is 0 Å². The van der Waals surface area contributed by atoms with Crippen molar-refractivity contribution in [2.45, 2.75) is 5.38 Å². The molecule has 0 radical (unpaired) electrons. The van der Waals surface area contributed by atoms with E-state index in [2.05, 4.69) is 0 Å². The summed E-state index contributed by atoms with van der Waals surface area (Å²) >= 11 is 11.8. The lowest BCUT2D eigenvalue weighted by Crippen LogP contribution is -2.07. The first-order valence-corrected chi connectivity index (χ1v) is 6.08. The van der Waals surface area contributed by atoms with Gasteiger partial charge < -0.3 is 0 Å². The normalized spacial score (nSPS) is 12.2. The van der Waals surface area contributed by atoms with Crippen molar-refractivity contribution < 1.29 is 9.18 Å². The molecule has 0 saturated heterocycles. The molecular weight excluding hydrogens is 274 g/mol. The number of carbonyl (C=O) groups is 1. The van der Waals surface area contributed by atoms with Crippen molar-refractivity contribution in [3.05, 3.63) is 70.5 Å². The predicted molar refractivity (Wildman–Crippen MR) is 70.8 cm³/mol. The van der Waals surface area contributed by atoms with E-state index in [4.69, 9.17) is 23.2 Å². The molecule has 1 unspecified atom stereocenters. The van der Waals surface area contributed by atoms with Crippen molar-refractivity contribution >= 4 is 29.0 Å². The van der Waals surface area contributed by atoms with Crippen LogP contribution in [0, 0.1) is 5.82 Å². The first-order chi connectivity index (χ1) is 8.58. The number of hydrogen-bond donors (Lipinski definition) is 0. The first kappa shape index (κ1) is 13.1. The predicted octanol–water partition coefficient (Wildman–Crippen LogP) is 4.64. The minimum absolute atomic E-state index is 0.170. The number of rotatable bonds is 3. The van der Waals surface area contributed by atoms with E-state index in [0.717, 1.165) is 12.1 Å². The molecule has 18 heavy (non-hydrogen) atoms. The molecule has 92 valence electrons. The number of Topliss-reactive ketones (excluding diaryl/α,β-unsaturated/α-hetero) is 1. The van der Waals surface area contributed by atoms with Crippen molar-refractivity contribution in [2.75, 3.05) is 0 Å². The largest absolute Gasteiger partial charge is 0.292 e. The number of alkyl halides is 1. The third-order valence-corrected chi connectivity index (χ3v) is 3.14. The Morgan fingerprint density at radius 2 is 1.78 bits per heavy atom. The van der Waals surface area contributed by atoms with E-state index < -0.39 is 11.2 Å². The maximum absolute atomic E-state index is 13.2. The molecule has 1 nitrogen and oxygen atoms in total. The average Bonchev–Trinajstić information content (AvgIpc) is 2.37. The van der Waals surface area contributed by atoms with Crippen LogP contribution in [0.4, 0.5) is 4.39 Å². The Labute approximate surface area is 114 Å². The zero-order chi connectivity index (χ0) is 13.1. The number of benzene rings is 2. The van der Waals surface area contributed by atoms with Gasteiger partial charge in [0.05, 0.1) is 0 Å². The Balaban J connectivity index is 2.31. The van der Waals surface area contributed by atoms with Crippen LogP contribution in [-0.4, -0.2) is 5.78 Å². The molecule has 0 saturated carbocycles. The van der Waals surface area contributed by atoms with Crippen LogP contribution in [0.5, 0.6) is 0 Å². The fourth-order valence-corrected chi connectivity index (χ4v) is 2.11. The quantitative estimate of drug-likeness (QED) is 0.592. The van der Waals surface area contributed by atoms with Gasteiger partial charge in [-0.25, -0.2) is 4.39 Å². The molecule has 0 fully saturated rings. The van der Waals surface area contributed by atoms with Gasteiger partial charge in [0.1, 0.15) is 11.2 Å². The smallest absolute Gasteiger partial charge is 0.185 e. The summed E-state index contributed by atoms with van der Waals surface area (Å²) in [6.45, 7) is 0. The summed E-state index contributed by atoms with van der Waals surface area (Å²) in [5.74, 6) is -0.924. The molecule has 0 aromatic heterocycles. The lowest BCUT2D eigenvalue weighted by Gasteiger charge is -2.09. The van der Waals surface area contributed by atoms with Crippen molar-refractivity contribution in [3.8, 4) is 0 Å². The zero-order valence-electron chi connectivity index (χ0n) is 9.24. The van der Waals surface area contributed by atoms with Gasteiger partial charge in [-0.3, -0.25) is 4.79 Å². The molecular formula is C14H9Cl2FO. The van der Waals surface area contributed by atoms with Gasteiger partial charge in [-0.1, -0.05) is 41.9 Å². The number of hydrogen-bond acceptors (Lipinski definition) is 1. The summed E-state index contributed by atoms with van der Waals surface area (Å²) in [5.41, 5.74) is 0.841. The van der Waals surface area contributed by atoms with E-state index in [1.165, 1.54) is 6.07 Å². The molecule has 0 N–H and O–H groups in total. The van der Waals surface area contributed by atoms with Gasteiger partial charge in [0, 0.05) is 10.6 Å². The van der Waals surface area contributed by atoms with Gasteiger partial charge >= 0.3 is 0 Å². The number of halogens is 3. The highest BCUT2D eigenvalue weighted by atomic mass is 35.5. The Hall–Kier alpha value is -1.38. The van der Waals surface area contributed by atoms with Crippen LogP contribution in [0.1, 0.15) is 21.3 Å². The van der Waals surface area contributed by atoms with Gasteiger partial charge in [0.25, 0.3) is 0 Å². The standard InChI is InChI=1S/C14H9Cl2FO/c15-11-6-10(7-12(17)8-11)14(18)13(16)9-4-2-1-3-5-9/h1-8,13H. The minimum atomic E-state index is -0.843. The Morgan fingerprint density at radius 1 is 1.11 bits per heavy atom. The second kappa shape index (κ2) is 5.51. The molecule has 2 aromatic carbocycles. The van der Waals surface area contributed by atoms with Gasteiger partial charge in [-0.05, 0) is 23.8 Å². The fourth-order valence-electron chi connectivity index (χ4n) is 1.62. The van der Waals surface area contributed by atoms with Crippen molar-refractivity contribution in [3.63, 3.8) is 0 Å². The Morgan fingerprint density at radius 3 is 2.39 bits per heavy atom. The molecule has 0 aliphatic carbocycles. The van der Waals surface area contributed by atoms with Crippen LogP contribution in [-0.2, 0) is 0 Å². The van der Waals surface area contributed by atoms with Crippen molar-refractivity contribution in [1.29, 1.82) is 0 Å². The van der Waals surface area contributed by atoms with E-state index in [1.807, 2.05) is 6.07 Å². The number of carbonyl (C=O) groups excluding carboxylic acids is 1. The van der Waals surface area contributed by atoms with E-state index in [1.54, 1.807) is 24.3 Å². The molecule has 0 heterocycles. The third kappa shape index (κ3) is 2.89.